The topological polar surface area (TPSA) is 58.5 Å². The minimum atomic E-state index is 0.459. The highest BCUT2D eigenvalue weighted by Gasteiger charge is 2.05. The van der Waals surface area contributed by atoms with Gasteiger partial charge in [-0.1, -0.05) is 32.0 Å². The van der Waals surface area contributed by atoms with Gasteiger partial charge in [0.1, 0.15) is 17.4 Å². The third-order valence-corrected chi connectivity index (χ3v) is 4.14. The molecule has 130 valence electrons. The van der Waals surface area contributed by atoms with Gasteiger partial charge in [-0.3, -0.25) is 0 Å². The zero-order valence-corrected chi connectivity index (χ0v) is 15.4. The molecule has 0 saturated carbocycles. The van der Waals surface area contributed by atoms with Crippen molar-refractivity contribution in [3.63, 3.8) is 0 Å². The molecule has 0 atom stereocenters. The van der Waals surface area contributed by atoms with Crippen LogP contribution < -0.4 is 15.4 Å². The first-order valence-electron chi connectivity index (χ1n) is 8.33. The molecule has 0 aliphatic rings. The van der Waals surface area contributed by atoms with E-state index in [1.165, 1.54) is 0 Å². The number of ether oxygens (including phenoxy) is 1. The predicted octanol–water partition coefficient (Wildman–Crippen LogP) is 3.40. The number of thiazole rings is 1. The summed E-state index contributed by atoms with van der Waals surface area (Å²) in [6, 6.07) is 9.81. The van der Waals surface area contributed by atoms with Crippen molar-refractivity contribution in [1.29, 1.82) is 0 Å². The predicted molar refractivity (Wildman–Crippen MR) is 101 cm³/mol. The summed E-state index contributed by atoms with van der Waals surface area (Å²) in [6.45, 7) is 9.05. The molecule has 2 rings (SSSR count). The number of nitrogens with one attached hydrogen (secondary N) is 2. The lowest BCUT2D eigenvalue weighted by Crippen LogP contribution is -2.39. The van der Waals surface area contributed by atoms with Crippen molar-refractivity contribution >= 4 is 17.3 Å². The minimum absolute atomic E-state index is 0.459. The molecule has 24 heavy (non-hydrogen) atoms. The number of benzene rings is 1. The largest absolute Gasteiger partial charge is 0.492 e. The average molecular weight is 347 g/mol. The lowest BCUT2D eigenvalue weighted by Gasteiger charge is -2.11. The maximum atomic E-state index is 5.67. The van der Waals surface area contributed by atoms with Gasteiger partial charge >= 0.3 is 0 Å². The molecule has 0 radical (unpaired) electrons. The van der Waals surface area contributed by atoms with E-state index in [1.54, 1.807) is 11.3 Å². The Balaban J connectivity index is 1.79. The van der Waals surface area contributed by atoms with Crippen LogP contribution in [0, 0.1) is 0 Å². The van der Waals surface area contributed by atoms with Crippen LogP contribution in [0.5, 0.6) is 5.75 Å². The molecule has 1 heterocycles. The fourth-order valence-corrected chi connectivity index (χ4v) is 2.89. The van der Waals surface area contributed by atoms with E-state index in [0.717, 1.165) is 29.0 Å². The molecule has 0 aliphatic heterocycles. The van der Waals surface area contributed by atoms with Crippen molar-refractivity contribution < 1.29 is 4.74 Å². The summed E-state index contributed by atoms with van der Waals surface area (Å²) < 4.78 is 5.67. The van der Waals surface area contributed by atoms with Gasteiger partial charge in [-0.25, -0.2) is 9.98 Å². The number of hydrogen-bond donors (Lipinski definition) is 2. The lowest BCUT2D eigenvalue weighted by atomic mass is 10.2. The van der Waals surface area contributed by atoms with Crippen LogP contribution in [0.15, 0.2) is 40.7 Å². The monoisotopic (exact) mass is 346 g/mol. The zero-order valence-electron chi connectivity index (χ0n) is 14.6. The van der Waals surface area contributed by atoms with Gasteiger partial charge in [0.2, 0.25) is 0 Å². The van der Waals surface area contributed by atoms with Crippen molar-refractivity contribution in [2.45, 2.75) is 33.2 Å². The van der Waals surface area contributed by atoms with Crippen LogP contribution in [0.25, 0.3) is 0 Å². The smallest absolute Gasteiger partial charge is 0.191 e. The van der Waals surface area contributed by atoms with Crippen molar-refractivity contribution in [3.05, 3.63) is 46.4 Å². The Morgan fingerprint density at radius 3 is 2.71 bits per heavy atom. The second kappa shape index (κ2) is 9.93. The number of rotatable bonds is 8. The summed E-state index contributed by atoms with van der Waals surface area (Å²) >= 11 is 1.67. The number of nitrogens with zero attached hydrogens (tertiary/aromatic N) is 2. The van der Waals surface area contributed by atoms with E-state index >= 15 is 0 Å². The zero-order chi connectivity index (χ0) is 17.2. The van der Waals surface area contributed by atoms with Crippen molar-refractivity contribution in [2.75, 3.05) is 19.7 Å². The first kappa shape index (κ1) is 18.3. The van der Waals surface area contributed by atoms with E-state index in [9.17, 15) is 0 Å². The van der Waals surface area contributed by atoms with Crippen LogP contribution in [-0.2, 0) is 6.54 Å². The van der Waals surface area contributed by atoms with Gasteiger partial charge in [0.05, 0.1) is 18.8 Å². The summed E-state index contributed by atoms with van der Waals surface area (Å²) in [5.41, 5.74) is 1.14. The van der Waals surface area contributed by atoms with Gasteiger partial charge in [-0.05, 0) is 25.0 Å². The van der Waals surface area contributed by atoms with Gasteiger partial charge in [-0.2, -0.15) is 0 Å². The van der Waals surface area contributed by atoms with Gasteiger partial charge in [-0.15, -0.1) is 11.3 Å². The van der Waals surface area contributed by atoms with E-state index in [1.807, 2.05) is 30.3 Å². The Morgan fingerprint density at radius 1 is 1.25 bits per heavy atom. The number of hydrogen-bond acceptors (Lipinski definition) is 4. The van der Waals surface area contributed by atoms with Crippen LogP contribution in [0.2, 0.25) is 0 Å². The third kappa shape index (κ3) is 6.20. The highest BCUT2D eigenvalue weighted by Crippen LogP contribution is 2.18. The van der Waals surface area contributed by atoms with Crippen LogP contribution in [0.3, 0.4) is 0 Å². The van der Waals surface area contributed by atoms with Crippen molar-refractivity contribution in [3.8, 4) is 5.75 Å². The summed E-state index contributed by atoms with van der Waals surface area (Å²) in [5, 5.41) is 9.68. The molecule has 0 spiro atoms. The van der Waals surface area contributed by atoms with Gasteiger partial charge < -0.3 is 15.4 Å². The van der Waals surface area contributed by atoms with E-state index in [-0.39, 0.29) is 0 Å². The highest BCUT2D eigenvalue weighted by molar-refractivity contribution is 7.09. The molecular weight excluding hydrogens is 320 g/mol. The Bertz CT molecular complexity index is 625. The molecule has 0 bridgehead atoms. The summed E-state index contributed by atoms with van der Waals surface area (Å²) in [5.74, 6) is 2.13. The normalized spacial score (nSPS) is 11.6. The summed E-state index contributed by atoms with van der Waals surface area (Å²) in [6.07, 6.45) is 0. The Hall–Kier alpha value is -2.08. The molecular formula is C18H26N4OS. The Labute approximate surface area is 148 Å². The molecule has 0 unspecified atom stereocenters. The summed E-state index contributed by atoms with van der Waals surface area (Å²) in [4.78, 5) is 9.20. The standard InChI is InChI=1S/C18H26N4OS/c1-4-19-18(20-10-11-23-15-8-6-5-7-9-15)21-12-17-22-16(13-24-17)14(2)3/h5-9,13-14H,4,10-12H2,1-3H3,(H2,19,20,21). The molecule has 5 nitrogen and oxygen atoms in total. The van der Waals surface area contributed by atoms with Crippen LogP contribution in [-0.4, -0.2) is 30.6 Å². The second-order valence-electron chi connectivity index (χ2n) is 5.60. The average Bonchev–Trinajstić information content (AvgIpc) is 3.06. The van der Waals surface area contributed by atoms with E-state index in [2.05, 4.69) is 46.8 Å². The number of para-hydroxylation sites is 1. The molecule has 2 N–H and O–H groups in total. The summed E-state index contributed by atoms with van der Waals surface area (Å²) in [7, 11) is 0. The number of aliphatic imine (C=N–C) groups is 1. The molecule has 6 heteroatoms. The second-order valence-corrected chi connectivity index (χ2v) is 6.55. The quantitative estimate of drug-likeness (QED) is 0.437. The van der Waals surface area contributed by atoms with Crippen LogP contribution >= 0.6 is 11.3 Å². The number of aromatic nitrogens is 1. The molecule has 1 aromatic carbocycles. The van der Waals surface area contributed by atoms with Crippen LogP contribution in [0.4, 0.5) is 0 Å². The van der Waals surface area contributed by atoms with Gasteiger partial charge in [0.25, 0.3) is 0 Å². The fourth-order valence-electron chi connectivity index (χ4n) is 2.01. The SMILES string of the molecule is CCNC(=NCc1nc(C(C)C)cs1)NCCOc1ccccc1. The first-order chi connectivity index (χ1) is 11.7. The first-order valence-corrected chi connectivity index (χ1v) is 9.21. The van der Waals surface area contributed by atoms with Crippen LogP contribution in [0.1, 0.15) is 37.4 Å². The number of guanidine groups is 1. The molecule has 2 aromatic rings. The van der Waals surface area contributed by atoms with E-state index < -0.39 is 0 Å². The van der Waals surface area contributed by atoms with E-state index in [0.29, 0.717) is 25.6 Å². The Kier molecular flexibility index (Phi) is 7.55. The van der Waals surface area contributed by atoms with Gasteiger partial charge in [0, 0.05) is 11.9 Å². The minimum Gasteiger partial charge on any atom is -0.492 e. The van der Waals surface area contributed by atoms with Crippen molar-refractivity contribution in [2.24, 2.45) is 4.99 Å². The van der Waals surface area contributed by atoms with E-state index in [4.69, 9.17) is 4.74 Å². The molecule has 0 saturated heterocycles. The third-order valence-electron chi connectivity index (χ3n) is 3.28. The lowest BCUT2D eigenvalue weighted by molar-refractivity contribution is 0.322. The fraction of sp³-hybridized carbons (Fsp3) is 0.444. The molecule has 0 amide bonds. The van der Waals surface area contributed by atoms with Gasteiger partial charge in [0.15, 0.2) is 5.96 Å². The maximum Gasteiger partial charge on any atom is 0.191 e. The molecule has 1 aromatic heterocycles. The maximum absolute atomic E-state index is 5.67. The molecule has 0 aliphatic carbocycles. The highest BCUT2D eigenvalue weighted by atomic mass is 32.1. The molecule has 0 fully saturated rings. The van der Waals surface area contributed by atoms with Crippen molar-refractivity contribution in [1.82, 2.24) is 15.6 Å². The Morgan fingerprint density at radius 2 is 2.04 bits per heavy atom.